The van der Waals surface area contributed by atoms with Crippen LogP contribution in [0.4, 0.5) is 17.1 Å². The number of amides is 3. The molecule has 1 aliphatic heterocycles. The third-order valence-corrected chi connectivity index (χ3v) is 11.1. The number of unbranched alkanes of at least 4 members (excludes halogenated alkanes) is 3. The number of carbonyl (C=O) groups is 3. The standard InChI is InChI=1S/C47H52N4O6S/c1-32(53)50-39-23-25-41(26-24-39)58-31-40-28-44(36-17-15-33(30-52)16-18-36)57-47(56-40)37-21-19-35(20-22-37)38-10-8-9-34(27-38)29-49-45(54)13-4-2-3-5-14-46(55)51-43-12-7-6-11-42(43)48/h6-12,15-27,40,44,47,52H,2-5,13-14,28-31,48H2,1H3,(H,49,54)(H,50,53)(H,51,55)/t40-,44+,47+/m0/s1. The molecule has 6 N–H and O–H groups in total. The molecular weight excluding hydrogens is 749 g/mol. The monoisotopic (exact) mass is 800 g/mol. The van der Waals surface area contributed by atoms with Crippen molar-refractivity contribution in [3.8, 4) is 11.1 Å². The molecule has 0 unspecified atom stereocenters. The predicted molar refractivity (Wildman–Crippen MR) is 231 cm³/mol. The third-order valence-electron chi connectivity index (χ3n) is 9.95. The quantitative estimate of drug-likeness (QED) is 0.0334. The number of anilines is 3. The molecule has 58 heavy (non-hydrogen) atoms. The number of benzene rings is 5. The second-order valence-corrected chi connectivity index (χ2v) is 15.6. The van der Waals surface area contributed by atoms with Crippen LogP contribution in [0.25, 0.3) is 11.1 Å². The van der Waals surface area contributed by atoms with E-state index in [-0.39, 0.29) is 36.5 Å². The Balaban J connectivity index is 0.988. The van der Waals surface area contributed by atoms with Gasteiger partial charge >= 0.3 is 0 Å². The Labute approximate surface area is 344 Å². The molecule has 0 saturated carbocycles. The fourth-order valence-electron chi connectivity index (χ4n) is 6.78. The van der Waals surface area contributed by atoms with Crippen LogP contribution in [-0.4, -0.2) is 34.7 Å². The second-order valence-electron chi connectivity index (χ2n) is 14.5. The number of aliphatic hydroxyl groups is 1. The van der Waals surface area contributed by atoms with Gasteiger partial charge in [-0.2, -0.15) is 0 Å². The number of hydrogen-bond acceptors (Lipinski definition) is 8. The maximum Gasteiger partial charge on any atom is 0.224 e. The summed E-state index contributed by atoms with van der Waals surface area (Å²) in [6.45, 7) is 1.92. The minimum absolute atomic E-state index is 0.0127. The molecule has 5 aromatic rings. The van der Waals surface area contributed by atoms with Crippen LogP contribution in [0.3, 0.4) is 0 Å². The minimum Gasteiger partial charge on any atom is -0.397 e. The highest BCUT2D eigenvalue weighted by molar-refractivity contribution is 7.99. The van der Waals surface area contributed by atoms with Crippen molar-refractivity contribution in [2.24, 2.45) is 0 Å². The van der Waals surface area contributed by atoms with E-state index in [4.69, 9.17) is 15.2 Å². The summed E-state index contributed by atoms with van der Waals surface area (Å²) in [4.78, 5) is 37.4. The molecule has 1 aliphatic rings. The SMILES string of the molecule is CC(=O)Nc1ccc(SC[C@@H]2C[C@H](c3ccc(CO)cc3)O[C@H](c3ccc(-c4cccc(CNC(=O)CCCCCCC(=O)Nc5ccccc5N)c4)cc3)O2)cc1. The van der Waals surface area contributed by atoms with Gasteiger partial charge in [0, 0.05) is 54.6 Å². The lowest BCUT2D eigenvalue weighted by atomic mass is 9.99. The van der Waals surface area contributed by atoms with E-state index in [9.17, 15) is 19.5 Å². The Morgan fingerprint density at radius 1 is 0.724 bits per heavy atom. The summed E-state index contributed by atoms with van der Waals surface area (Å²) >= 11 is 1.70. The molecule has 1 fully saturated rings. The Bertz CT molecular complexity index is 2110. The highest BCUT2D eigenvalue weighted by Crippen LogP contribution is 2.40. The smallest absolute Gasteiger partial charge is 0.224 e. The number of para-hydroxylation sites is 2. The van der Waals surface area contributed by atoms with Crippen LogP contribution in [0.2, 0.25) is 0 Å². The number of rotatable bonds is 18. The van der Waals surface area contributed by atoms with E-state index in [1.165, 1.54) is 6.92 Å². The number of carbonyl (C=O) groups excluding carboxylic acids is 3. The molecule has 0 aliphatic carbocycles. The van der Waals surface area contributed by atoms with E-state index in [0.29, 0.717) is 37.2 Å². The lowest BCUT2D eigenvalue weighted by molar-refractivity contribution is -0.245. The molecule has 11 heteroatoms. The van der Waals surface area contributed by atoms with Gasteiger partial charge in [0.15, 0.2) is 6.29 Å². The Morgan fingerprint density at radius 2 is 1.43 bits per heavy atom. The molecule has 0 radical (unpaired) electrons. The predicted octanol–water partition coefficient (Wildman–Crippen LogP) is 9.32. The summed E-state index contributed by atoms with van der Waals surface area (Å²) in [5, 5.41) is 18.3. The van der Waals surface area contributed by atoms with Crippen LogP contribution in [-0.2, 0) is 37.0 Å². The second kappa shape index (κ2) is 21.3. The molecular formula is C47H52N4O6S. The normalized spacial score (nSPS) is 16.3. The number of ether oxygens (including phenoxy) is 2. The van der Waals surface area contributed by atoms with Crippen LogP contribution in [0.15, 0.2) is 126 Å². The fourth-order valence-corrected chi connectivity index (χ4v) is 7.70. The van der Waals surface area contributed by atoms with Crippen LogP contribution < -0.4 is 21.7 Å². The molecule has 1 heterocycles. The first-order chi connectivity index (χ1) is 28.2. The van der Waals surface area contributed by atoms with Crippen LogP contribution in [0, 0.1) is 0 Å². The van der Waals surface area contributed by atoms with Crippen molar-refractivity contribution in [3.05, 3.63) is 144 Å². The van der Waals surface area contributed by atoms with Crippen molar-refractivity contribution in [2.75, 3.05) is 22.1 Å². The van der Waals surface area contributed by atoms with Crippen molar-refractivity contribution in [1.29, 1.82) is 0 Å². The highest BCUT2D eigenvalue weighted by atomic mass is 32.2. The Kier molecular flexibility index (Phi) is 15.5. The van der Waals surface area contributed by atoms with Gasteiger partial charge in [-0.25, -0.2) is 0 Å². The molecule has 1 saturated heterocycles. The first-order valence-corrected chi connectivity index (χ1v) is 20.8. The molecule has 5 aromatic carbocycles. The maximum absolute atomic E-state index is 12.6. The zero-order chi connectivity index (χ0) is 40.7. The van der Waals surface area contributed by atoms with Gasteiger partial charge in [-0.1, -0.05) is 91.7 Å². The van der Waals surface area contributed by atoms with Gasteiger partial charge < -0.3 is 36.3 Å². The number of nitrogen functional groups attached to an aromatic ring is 1. The van der Waals surface area contributed by atoms with Crippen molar-refractivity contribution >= 4 is 46.5 Å². The summed E-state index contributed by atoms with van der Waals surface area (Å²) in [6.07, 6.45) is 3.98. The number of nitrogens with two attached hydrogens (primary N) is 1. The van der Waals surface area contributed by atoms with Crippen LogP contribution in [0.1, 0.15) is 86.5 Å². The van der Waals surface area contributed by atoms with Crippen molar-refractivity contribution in [1.82, 2.24) is 5.32 Å². The largest absolute Gasteiger partial charge is 0.397 e. The summed E-state index contributed by atoms with van der Waals surface area (Å²) in [7, 11) is 0. The van der Waals surface area contributed by atoms with Crippen molar-refractivity contribution in [2.45, 2.75) is 88.4 Å². The summed E-state index contributed by atoms with van der Waals surface area (Å²) in [5.41, 5.74) is 13.7. The maximum atomic E-state index is 12.6. The van der Waals surface area contributed by atoms with Gasteiger partial charge in [0.2, 0.25) is 17.7 Å². The fraction of sp³-hybridized carbons (Fsp3) is 0.298. The Hall–Kier alpha value is -5.46. The van der Waals surface area contributed by atoms with Gasteiger partial charge in [0.1, 0.15) is 0 Å². The summed E-state index contributed by atoms with van der Waals surface area (Å²) < 4.78 is 13.1. The lowest BCUT2D eigenvalue weighted by Crippen LogP contribution is -2.31. The first-order valence-electron chi connectivity index (χ1n) is 19.8. The number of hydrogen-bond donors (Lipinski definition) is 5. The highest BCUT2D eigenvalue weighted by Gasteiger charge is 2.32. The van der Waals surface area contributed by atoms with Gasteiger partial charge in [0.25, 0.3) is 0 Å². The molecule has 6 rings (SSSR count). The summed E-state index contributed by atoms with van der Waals surface area (Å²) in [6, 6.07) is 39.3. The Morgan fingerprint density at radius 3 is 2.14 bits per heavy atom. The van der Waals surface area contributed by atoms with E-state index in [1.54, 1.807) is 23.9 Å². The lowest BCUT2D eigenvalue weighted by Gasteiger charge is -2.36. The zero-order valence-electron chi connectivity index (χ0n) is 32.8. The minimum atomic E-state index is -0.571. The van der Waals surface area contributed by atoms with E-state index >= 15 is 0 Å². The van der Waals surface area contributed by atoms with Crippen molar-refractivity contribution < 1.29 is 29.0 Å². The van der Waals surface area contributed by atoms with Gasteiger partial charge in [-0.15, -0.1) is 11.8 Å². The van der Waals surface area contributed by atoms with Crippen LogP contribution >= 0.6 is 11.8 Å². The van der Waals surface area contributed by atoms with Gasteiger partial charge in [-0.3, -0.25) is 14.4 Å². The first kappa shape index (κ1) is 42.2. The van der Waals surface area contributed by atoms with E-state index in [2.05, 4.69) is 40.2 Å². The molecule has 0 aromatic heterocycles. The van der Waals surface area contributed by atoms with E-state index < -0.39 is 6.29 Å². The van der Waals surface area contributed by atoms with Crippen LogP contribution in [0.5, 0.6) is 0 Å². The van der Waals surface area contributed by atoms with E-state index in [0.717, 1.165) is 75.4 Å². The van der Waals surface area contributed by atoms with Crippen molar-refractivity contribution in [3.63, 3.8) is 0 Å². The molecule has 0 spiro atoms. The third kappa shape index (κ3) is 12.8. The van der Waals surface area contributed by atoms with Gasteiger partial charge in [-0.05, 0) is 83.1 Å². The molecule has 302 valence electrons. The molecule has 3 amide bonds. The average molecular weight is 801 g/mol. The van der Waals surface area contributed by atoms with E-state index in [1.807, 2.05) is 84.9 Å². The molecule has 3 atom stereocenters. The number of nitrogens with one attached hydrogen (secondary N) is 3. The topological polar surface area (TPSA) is 152 Å². The molecule has 10 nitrogen and oxygen atoms in total. The van der Waals surface area contributed by atoms with Gasteiger partial charge in [0.05, 0.1) is 30.2 Å². The number of aliphatic hydroxyl groups excluding tert-OH is 1. The average Bonchev–Trinajstić information content (AvgIpc) is 3.24. The number of thioether (sulfide) groups is 1. The summed E-state index contributed by atoms with van der Waals surface area (Å²) in [5.74, 6) is 0.577. The molecule has 0 bridgehead atoms. The zero-order valence-corrected chi connectivity index (χ0v) is 33.6.